The molecule has 2 N–H and O–H groups in total. The number of urea groups is 1. The van der Waals surface area contributed by atoms with Crippen LogP contribution in [-0.2, 0) is 11.3 Å². The van der Waals surface area contributed by atoms with Gasteiger partial charge >= 0.3 is 12.0 Å². The van der Waals surface area contributed by atoms with Crippen LogP contribution in [0.3, 0.4) is 0 Å². The van der Waals surface area contributed by atoms with Crippen LogP contribution in [0.5, 0.6) is 0 Å². The summed E-state index contributed by atoms with van der Waals surface area (Å²) in [5.74, 6) is -0.848. The van der Waals surface area contributed by atoms with Gasteiger partial charge in [-0.1, -0.05) is 0 Å². The molecule has 0 radical (unpaired) electrons. The van der Waals surface area contributed by atoms with Crippen molar-refractivity contribution >= 4 is 12.0 Å². The Bertz CT molecular complexity index is 488. The monoisotopic (exact) mass is 280 g/mol. The van der Waals surface area contributed by atoms with E-state index in [1.807, 2.05) is 17.7 Å². The molecule has 110 valence electrons. The van der Waals surface area contributed by atoms with Gasteiger partial charge in [0.15, 0.2) is 0 Å². The maximum atomic E-state index is 12.1. The quantitative estimate of drug-likeness (QED) is 0.853. The summed E-state index contributed by atoms with van der Waals surface area (Å²) in [6, 6.07) is -0.254. The number of imidazole rings is 1. The second kappa shape index (κ2) is 5.52. The topological polar surface area (TPSA) is 87.5 Å². The fraction of sp³-hybridized carbons (Fsp3) is 0.615. The van der Waals surface area contributed by atoms with Gasteiger partial charge in [0.1, 0.15) is 0 Å². The lowest BCUT2D eigenvalue weighted by molar-refractivity contribution is -0.146. The van der Waals surface area contributed by atoms with Crippen molar-refractivity contribution in [3.05, 3.63) is 18.7 Å². The van der Waals surface area contributed by atoms with Crippen LogP contribution in [0.25, 0.3) is 0 Å². The SMILES string of the molecule is CC(Cn1ccnc1)NC(=O)N1CCC(C)(C(=O)O)C1. The zero-order valence-electron chi connectivity index (χ0n) is 11.7. The molecule has 0 spiro atoms. The Morgan fingerprint density at radius 1 is 1.55 bits per heavy atom. The van der Waals surface area contributed by atoms with Gasteiger partial charge in [-0.15, -0.1) is 0 Å². The summed E-state index contributed by atoms with van der Waals surface area (Å²) in [4.78, 5) is 28.8. The lowest BCUT2D eigenvalue weighted by atomic mass is 9.90. The maximum absolute atomic E-state index is 12.1. The van der Waals surface area contributed by atoms with Crippen LogP contribution in [0, 0.1) is 5.41 Å². The highest BCUT2D eigenvalue weighted by molar-refractivity contribution is 5.79. The Kier molecular flexibility index (Phi) is 3.96. The zero-order valence-corrected chi connectivity index (χ0v) is 11.7. The van der Waals surface area contributed by atoms with E-state index in [-0.39, 0.29) is 18.6 Å². The third-order valence-corrected chi connectivity index (χ3v) is 3.69. The van der Waals surface area contributed by atoms with Crippen LogP contribution in [-0.4, -0.2) is 50.7 Å². The Morgan fingerprint density at radius 3 is 2.85 bits per heavy atom. The Balaban J connectivity index is 1.85. The minimum Gasteiger partial charge on any atom is -0.481 e. The Labute approximate surface area is 117 Å². The largest absolute Gasteiger partial charge is 0.481 e. The number of nitrogens with zero attached hydrogens (tertiary/aromatic N) is 3. The van der Waals surface area contributed by atoms with E-state index in [4.69, 9.17) is 5.11 Å². The average molecular weight is 280 g/mol. The van der Waals surface area contributed by atoms with Crippen LogP contribution < -0.4 is 5.32 Å². The van der Waals surface area contributed by atoms with Crippen molar-refractivity contribution in [1.29, 1.82) is 0 Å². The normalized spacial score (nSPS) is 23.6. The summed E-state index contributed by atoms with van der Waals surface area (Å²) in [7, 11) is 0. The summed E-state index contributed by atoms with van der Waals surface area (Å²) in [5.41, 5.74) is -0.828. The smallest absolute Gasteiger partial charge is 0.317 e. The van der Waals surface area contributed by atoms with Crippen molar-refractivity contribution in [3.8, 4) is 0 Å². The molecular formula is C13H20N4O3. The molecule has 7 nitrogen and oxygen atoms in total. The lowest BCUT2D eigenvalue weighted by Crippen LogP contribution is -2.45. The van der Waals surface area contributed by atoms with E-state index < -0.39 is 11.4 Å². The molecule has 2 heterocycles. The van der Waals surface area contributed by atoms with E-state index in [2.05, 4.69) is 10.3 Å². The fourth-order valence-electron chi connectivity index (χ4n) is 2.37. The number of hydrogen-bond donors (Lipinski definition) is 2. The molecule has 1 aliphatic rings. The summed E-state index contributed by atoms with van der Waals surface area (Å²) in [5, 5.41) is 12.0. The maximum Gasteiger partial charge on any atom is 0.317 e. The Hall–Kier alpha value is -2.05. The highest BCUT2D eigenvalue weighted by Gasteiger charge is 2.42. The number of likely N-dealkylation sites (tertiary alicyclic amines) is 1. The first-order chi connectivity index (χ1) is 9.40. The van der Waals surface area contributed by atoms with Crippen molar-refractivity contribution in [2.75, 3.05) is 13.1 Å². The number of rotatable bonds is 4. The minimum atomic E-state index is -0.848. The number of nitrogens with one attached hydrogen (secondary N) is 1. The van der Waals surface area contributed by atoms with Crippen LogP contribution in [0.1, 0.15) is 20.3 Å². The number of hydrogen-bond acceptors (Lipinski definition) is 3. The van der Waals surface area contributed by atoms with Crippen LogP contribution in [0.2, 0.25) is 0 Å². The van der Waals surface area contributed by atoms with Crippen molar-refractivity contribution in [3.63, 3.8) is 0 Å². The molecule has 7 heteroatoms. The van der Waals surface area contributed by atoms with E-state index in [0.29, 0.717) is 19.5 Å². The molecular weight excluding hydrogens is 260 g/mol. The predicted octanol–water partition coefficient (Wildman–Crippen LogP) is 0.778. The number of carboxylic acid groups (broad SMARTS) is 1. The van der Waals surface area contributed by atoms with E-state index in [0.717, 1.165) is 0 Å². The minimum absolute atomic E-state index is 0.0478. The van der Waals surface area contributed by atoms with Gasteiger partial charge in [-0.3, -0.25) is 4.79 Å². The number of amides is 2. The molecule has 2 amide bonds. The average Bonchev–Trinajstić information content (AvgIpc) is 2.99. The molecule has 20 heavy (non-hydrogen) atoms. The van der Waals surface area contributed by atoms with Crippen molar-refractivity contribution in [2.24, 2.45) is 5.41 Å². The summed E-state index contributed by atoms with van der Waals surface area (Å²) >= 11 is 0. The van der Waals surface area contributed by atoms with Gasteiger partial charge in [0.2, 0.25) is 0 Å². The molecule has 0 bridgehead atoms. The first-order valence-corrected chi connectivity index (χ1v) is 6.65. The second-order valence-corrected chi connectivity index (χ2v) is 5.65. The van der Waals surface area contributed by atoms with Gasteiger partial charge < -0.3 is 19.9 Å². The van der Waals surface area contributed by atoms with Crippen LogP contribution >= 0.6 is 0 Å². The van der Waals surface area contributed by atoms with Gasteiger partial charge in [-0.05, 0) is 20.3 Å². The number of carboxylic acids is 1. The first kappa shape index (κ1) is 14.4. The van der Waals surface area contributed by atoms with Crippen LogP contribution in [0.15, 0.2) is 18.7 Å². The van der Waals surface area contributed by atoms with Gasteiger partial charge in [-0.2, -0.15) is 0 Å². The number of aromatic nitrogens is 2. The molecule has 0 aromatic carbocycles. The molecule has 1 saturated heterocycles. The second-order valence-electron chi connectivity index (χ2n) is 5.65. The third kappa shape index (κ3) is 3.09. The standard InChI is InChI=1S/C13H20N4O3/c1-10(7-16-6-4-14-9-16)15-12(20)17-5-3-13(2,8-17)11(18)19/h4,6,9-10H,3,5,7-8H2,1-2H3,(H,15,20)(H,18,19). The number of carbonyl (C=O) groups is 2. The predicted molar refractivity (Wildman–Crippen MR) is 72.2 cm³/mol. The first-order valence-electron chi connectivity index (χ1n) is 6.65. The molecule has 1 fully saturated rings. The van der Waals surface area contributed by atoms with E-state index in [1.165, 1.54) is 0 Å². The summed E-state index contributed by atoms with van der Waals surface area (Å²) in [6.45, 7) is 4.95. The van der Waals surface area contributed by atoms with Gasteiger partial charge in [-0.25, -0.2) is 9.78 Å². The third-order valence-electron chi connectivity index (χ3n) is 3.69. The van der Waals surface area contributed by atoms with E-state index in [9.17, 15) is 9.59 Å². The highest BCUT2D eigenvalue weighted by Crippen LogP contribution is 2.29. The Morgan fingerprint density at radius 2 is 2.30 bits per heavy atom. The molecule has 1 aromatic rings. The van der Waals surface area contributed by atoms with Crippen molar-refractivity contribution < 1.29 is 14.7 Å². The number of carbonyl (C=O) groups excluding carboxylic acids is 1. The van der Waals surface area contributed by atoms with Gasteiger partial charge in [0, 0.05) is 38.1 Å². The molecule has 1 aromatic heterocycles. The van der Waals surface area contributed by atoms with Crippen molar-refractivity contribution in [2.45, 2.75) is 32.9 Å². The molecule has 2 atom stereocenters. The number of aliphatic carboxylic acids is 1. The molecule has 0 saturated carbocycles. The van der Waals surface area contributed by atoms with Crippen LogP contribution in [0.4, 0.5) is 4.79 Å². The molecule has 2 unspecified atom stereocenters. The van der Waals surface area contributed by atoms with Crippen molar-refractivity contribution in [1.82, 2.24) is 19.8 Å². The highest BCUT2D eigenvalue weighted by atomic mass is 16.4. The fourth-order valence-corrected chi connectivity index (χ4v) is 2.37. The van der Waals surface area contributed by atoms with E-state index in [1.54, 1.807) is 24.3 Å². The van der Waals surface area contributed by atoms with E-state index >= 15 is 0 Å². The van der Waals surface area contributed by atoms with Gasteiger partial charge in [0.05, 0.1) is 11.7 Å². The zero-order chi connectivity index (χ0) is 14.8. The molecule has 0 aliphatic carbocycles. The summed E-state index contributed by atoms with van der Waals surface area (Å²) < 4.78 is 1.89. The van der Waals surface area contributed by atoms with Gasteiger partial charge in [0.25, 0.3) is 0 Å². The summed E-state index contributed by atoms with van der Waals surface area (Å²) in [6.07, 6.45) is 5.71. The lowest BCUT2D eigenvalue weighted by Gasteiger charge is -2.23. The molecule has 2 rings (SSSR count). The molecule has 1 aliphatic heterocycles.